The van der Waals surface area contributed by atoms with Gasteiger partial charge in [0.05, 0.1) is 10.7 Å². The van der Waals surface area contributed by atoms with Gasteiger partial charge in [0.1, 0.15) is 5.75 Å². The van der Waals surface area contributed by atoms with Crippen LogP contribution in [0.1, 0.15) is 23.1 Å². The Morgan fingerprint density at radius 3 is 2.82 bits per heavy atom. The summed E-state index contributed by atoms with van der Waals surface area (Å²) in [5.41, 5.74) is 4.38. The predicted molar refractivity (Wildman–Crippen MR) is 88.8 cm³/mol. The molecule has 3 rings (SSSR count). The van der Waals surface area contributed by atoms with Gasteiger partial charge in [0, 0.05) is 0 Å². The number of hydrogen-bond donors (Lipinski definition) is 1. The molecule has 1 aliphatic carbocycles. The van der Waals surface area contributed by atoms with Crippen LogP contribution in [-0.4, -0.2) is 12.5 Å². The molecule has 0 unspecified atom stereocenters. The highest BCUT2D eigenvalue weighted by Gasteiger charge is 2.12. The van der Waals surface area contributed by atoms with Crippen molar-refractivity contribution in [3.8, 4) is 5.75 Å². The summed E-state index contributed by atoms with van der Waals surface area (Å²) in [4.78, 5) is 12.0. The zero-order valence-electron chi connectivity index (χ0n) is 12.5. The predicted octanol–water partition coefficient (Wildman–Crippen LogP) is 4.15. The van der Waals surface area contributed by atoms with E-state index < -0.39 is 0 Å². The Labute approximate surface area is 135 Å². The molecule has 2 aromatic carbocycles. The van der Waals surface area contributed by atoms with Crippen LogP contribution in [-0.2, 0) is 17.6 Å². The van der Waals surface area contributed by atoms with Crippen LogP contribution in [0.5, 0.6) is 5.75 Å². The first-order chi connectivity index (χ1) is 10.6. The largest absolute Gasteiger partial charge is 0.484 e. The van der Waals surface area contributed by atoms with Crippen molar-refractivity contribution in [3.63, 3.8) is 0 Å². The fourth-order valence-corrected chi connectivity index (χ4v) is 2.98. The summed E-state index contributed by atoms with van der Waals surface area (Å²) in [7, 11) is 0. The minimum absolute atomic E-state index is 0.0248. The second kappa shape index (κ2) is 6.41. The van der Waals surface area contributed by atoms with E-state index in [1.54, 1.807) is 6.07 Å². The van der Waals surface area contributed by atoms with Crippen molar-refractivity contribution in [2.24, 2.45) is 0 Å². The molecule has 1 N–H and O–H groups in total. The Morgan fingerprint density at radius 2 is 2.00 bits per heavy atom. The lowest BCUT2D eigenvalue weighted by atomic mass is 10.1. The zero-order chi connectivity index (χ0) is 15.5. The van der Waals surface area contributed by atoms with E-state index in [0.29, 0.717) is 10.7 Å². The molecule has 0 saturated heterocycles. The Morgan fingerprint density at radius 1 is 1.18 bits per heavy atom. The van der Waals surface area contributed by atoms with E-state index in [1.807, 2.05) is 31.2 Å². The summed E-state index contributed by atoms with van der Waals surface area (Å²) < 4.78 is 5.57. The second-order valence-electron chi connectivity index (χ2n) is 5.60. The summed E-state index contributed by atoms with van der Waals surface area (Å²) >= 11 is 6.10. The van der Waals surface area contributed by atoms with Gasteiger partial charge in [-0.2, -0.15) is 0 Å². The first-order valence-electron chi connectivity index (χ1n) is 7.42. The number of hydrogen-bond acceptors (Lipinski definition) is 2. The van der Waals surface area contributed by atoms with Crippen molar-refractivity contribution in [2.75, 3.05) is 11.9 Å². The zero-order valence-corrected chi connectivity index (χ0v) is 13.2. The summed E-state index contributed by atoms with van der Waals surface area (Å²) in [6, 6.07) is 11.6. The van der Waals surface area contributed by atoms with Crippen LogP contribution in [0.2, 0.25) is 5.02 Å². The average Bonchev–Trinajstić information content (AvgIpc) is 2.95. The molecule has 2 aromatic rings. The van der Waals surface area contributed by atoms with E-state index in [9.17, 15) is 4.79 Å². The van der Waals surface area contributed by atoms with Gasteiger partial charge in [-0.05, 0) is 67.1 Å². The van der Waals surface area contributed by atoms with Gasteiger partial charge in [-0.3, -0.25) is 4.79 Å². The number of fused-ring (bicyclic) bond motifs is 1. The first-order valence-corrected chi connectivity index (χ1v) is 7.80. The molecular weight excluding hydrogens is 298 g/mol. The highest BCUT2D eigenvalue weighted by atomic mass is 35.5. The third-order valence-electron chi connectivity index (χ3n) is 3.84. The Bertz CT molecular complexity index is 712. The van der Waals surface area contributed by atoms with Gasteiger partial charge in [0.25, 0.3) is 5.91 Å². The van der Waals surface area contributed by atoms with Crippen LogP contribution < -0.4 is 10.1 Å². The number of aryl methyl sites for hydroxylation is 3. The number of nitrogens with one attached hydrogen (secondary N) is 1. The van der Waals surface area contributed by atoms with Gasteiger partial charge in [0.15, 0.2) is 6.61 Å². The molecular formula is C18H18ClNO2. The third kappa shape index (κ3) is 3.42. The lowest BCUT2D eigenvalue weighted by molar-refractivity contribution is -0.118. The molecule has 4 heteroatoms. The van der Waals surface area contributed by atoms with Crippen LogP contribution in [0.4, 0.5) is 5.69 Å². The van der Waals surface area contributed by atoms with Gasteiger partial charge in [0.2, 0.25) is 0 Å². The fourth-order valence-electron chi connectivity index (χ4n) is 2.69. The molecule has 0 heterocycles. The van der Waals surface area contributed by atoms with E-state index >= 15 is 0 Å². The molecule has 0 radical (unpaired) electrons. The molecule has 0 fully saturated rings. The molecule has 3 nitrogen and oxygen atoms in total. The van der Waals surface area contributed by atoms with Crippen LogP contribution in [0.3, 0.4) is 0 Å². The average molecular weight is 316 g/mol. The quantitative estimate of drug-likeness (QED) is 0.920. The maximum Gasteiger partial charge on any atom is 0.262 e. The van der Waals surface area contributed by atoms with Crippen molar-refractivity contribution in [3.05, 3.63) is 58.1 Å². The monoisotopic (exact) mass is 315 g/mol. The standard InChI is InChI=1S/C18H18ClNO2/c1-12-5-8-17(16(19)9-12)20-18(21)11-22-15-7-6-13-3-2-4-14(13)10-15/h5-10H,2-4,11H2,1H3,(H,20,21). The van der Waals surface area contributed by atoms with Crippen LogP contribution >= 0.6 is 11.6 Å². The second-order valence-corrected chi connectivity index (χ2v) is 6.01. The van der Waals surface area contributed by atoms with E-state index in [4.69, 9.17) is 16.3 Å². The van der Waals surface area contributed by atoms with Crippen LogP contribution in [0.25, 0.3) is 0 Å². The molecule has 1 amide bonds. The van der Waals surface area contributed by atoms with Gasteiger partial charge in [-0.25, -0.2) is 0 Å². The van der Waals surface area contributed by atoms with E-state index in [0.717, 1.165) is 24.2 Å². The van der Waals surface area contributed by atoms with Crippen molar-refractivity contribution in [1.82, 2.24) is 0 Å². The maximum atomic E-state index is 12.0. The fraction of sp³-hybridized carbons (Fsp3) is 0.278. The van der Waals surface area contributed by atoms with Crippen molar-refractivity contribution in [2.45, 2.75) is 26.2 Å². The molecule has 0 spiro atoms. The number of carbonyl (C=O) groups is 1. The first kappa shape index (κ1) is 14.9. The highest BCUT2D eigenvalue weighted by Crippen LogP contribution is 2.26. The highest BCUT2D eigenvalue weighted by molar-refractivity contribution is 6.33. The Kier molecular flexibility index (Phi) is 4.34. The maximum absolute atomic E-state index is 12.0. The van der Waals surface area contributed by atoms with Crippen LogP contribution in [0.15, 0.2) is 36.4 Å². The Balaban J connectivity index is 1.58. The van der Waals surface area contributed by atoms with Gasteiger partial charge in [-0.1, -0.05) is 23.7 Å². The smallest absolute Gasteiger partial charge is 0.262 e. The summed E-state index contributed by atoms with van der Waals surface area (Å²) in [5, 5.41) is 3.30. The minimum atomic E-state index is -0.216. The van der Waals surface area contributed by atoms with Crippen molar-refractivity contribution >= 4 is 23.2 Å². The normalized spacial score (nSPS) is 12.8. The molecule has 1 aliphatic rings. The number of benzene rings is 2. The summed E-state index contributed by atoms with van der Waals surface area (Å²) in [6.45, 7) is 1.93. The van der Waals surface area contributed by atoms with Gasteiger partial charge >= 0.3 is 0 Å². The summed E-state index contributed by atoms with van der Waals surface area (Å²) in [5.74, 6) is 0.525. The molecule has 0 aliphatic heterocycles. The topological polar surface area (TPSA) is 38.3 Å². The minimum Gasteiger partial charge on any atom is -0.484 e. The number of halogens is 1. The summed E-state index contributed by atoms with van der Waals surface area (Å²) in [6.07, 6.45) is 3.44. The van der Waals surface area contributed by atoms with Crippen LogP contribution in [0, 0.1) is 6.92 Å². The number of anilines is 1. The van der Waals surface area contributed by atoms with Crippen molar-refractivity contribution in [1.29, 1.82) is 0 Å². The third-order valence-corrected chi connectivity index (χ3v) is 4.15. The SMILES string of the molecule is Cc1ccc(NC(=O)COc2ccc3c(c2)CCC3)c(Cl)c1. The molecule has 22 heavy (non-hydrogen) atoms. The number of amides is 1. The van der Waals surface area contributed by atoms with E-state index in [-0.39, 0.29) is 12.5 Å². The molecule has 0 aromatic heterocycles. The van der Waals surface area contributed by atoms with E-state index in [1.165, 1.54) is 17.5 Å². The molecule has 0 atom stereocenters. The van der Waals surface area contributed by atoms with Gasteiger partial charge < -0.3 is 10.1 Å². The lowest BCUT2D eigenvalue weighted by Gasteiger charge is -2.10. The molecule has 0 saturated carbocycles. The van der Waals surface area contributed by atoms with E-state index in [2.05, 4.69) is 11.4 Å². The number of carbonyl (C=O) groups excluding carboxylic acids is 1. The number of rotatable bonds is 4. The molecule has 0 bridgehead atoms. The van der Waals surface area contributed by atoms with Crippen molar-refractivity contribution < 1.29 is 9.53 Å². The van der Waals surface area contributed by atoms with Gasteiger partial charge in [-0.15, -0.1) is 0 Å². The Hall–Kier alpha value is -2.00. The molecule has 114 valence electrons. The number of ether oxygens (including phenoxy) is 1. The lowest BCUT2D eigenvalue weighted by Crippen LogP contribution is -2.20.